The summed E-state index contributed by atoms with van der Waals surface area (Å²) in [5.74, 6) is -2.58. The van der Waals surface area contributed by atoms with Crippen molar-refractivity contribution >= 4 is 28.2 Å². The van der Waals surface area contributed by atoms with Crippen LogP contribution in [-0.4, -0.2) is 28.0 Å². The van der Waals surface area contributed by atoms with Gasteiger partial charge in [0.05, 0.1) is 22.5 Å². The average molecular weight is 400 g/mol. The summed E-state index contributed by atoms with van der Waals surface area (Å²) in [7, 11) is 0. The fourth-order valence-corrected chi connectivity index (χ4v) is 4.78. The van der Waals surface area contributed by atoms with E-state index in [4.69, 9.17) is 11.6 Å². The predicted molar refractivity (Wildman–Crippen MR) is 106 cm³/mol. The molecule has 28 heavy (non-hydrogen) atoms. The molecule has 2 heterocycles. The maximum absolute atomic E-state index is 13.6. The minimum absolute atomic E-state index is 0.129. The average Bonchev–Trinajstić information content (AvgIpc) is 2.91. The Morgan fingerprint density at radius 1 is 1.18 bits per heavy atom. The monoisotopic (exact) mass is 399 g/mol. The standard InChI is InChI=1S/C22H20ClF2N3/c23-14-7-8-17-18(13-26)21(28(20(17)10-14)15-4-3-5-15)19-6-1-2-9-27(19)16-11-22(24,25)12-16/h1-2,6-8,10,15-16H,3-5,9,11-12H2. The van der Waals surface area contributed by atoms with Gasteiger partial charge in [-0.05, 0) is 43.5 Å². The molecule has 1 aromatic heterocycles. The van der Waals surface area contributed by atoms with Crippen LogP contribution in [-0.2, 0) is 0 Å². The van der Waals surface area contributed by atoms with Gasteiger partial charge in [-0.1, -0.05) is 23.8 Å². The zero-order chi connectivity index (χ0) is 19.5. The third-order valence-corrected chi connectivity index (χ3v) is 6.51. The van der Waals surface area contributed by atoms with E-state index >= 15 is 0 Å². The lowest BCUT2D eigenvalue weighted by atomic mass is 9.85. The Balaban J connectivity index is 1.70. The van der Waals surface area contributed by atoms with Gasteiger partial charge >= 0.3 is 0 Å². The molecular weight excluding hydrogens is 380 g/mol. The van der Waals surface area contributed by atoms with Gasteiger partial charge < -0.3 is 9.47 Å². The number of allylic oxidation sites excluding steroid dienone is 2. The fraction of sp³-hybridized carbons (Fsp3) is 0.409. The van der Waals surface area contributed by atoms with Crippen molar-refractivity contribution in [1.82, 2.24) is 9.47 Å². The van der Waals surface area contributed by atoms with Crippen LogP contribution in [0.15, 0.2) is 36.4 Å². The number of nitriles is 1. The smallest absolute Gasteiger partial charge is 0.252 e. The van der Waals surface area contributed by atoms with E-state index in [9.17, 15) is 14.0 Å². The molecule has 0 saturated heterocycles. The van der Waals surface area contributed by atoms with Crippen LogP contribution in [0.1, 0.15) is 49.4 Å². The topological polar surface area (TPSA) is 32.0 Å². The highest BCUT2D eigenvalue weighted by atomic mass is 35.5. The molecule has 5 rings (SSSR count). The van der Waals surface area contributed by atoms with Gasteiger partial charge in [-0.2, -0.15) is 5.26 Å². The Morgan fingerprint density at radius 2 is 1.96 bits per heavy atom. The number of nitrogens with zero attached hydrogens (tertiary/aromatic N) is 3. The first kappa shape index (κ1) is 17.8. The molecule has 144 valence electrons. The Hall–Kier alpha value is -2.32. The van der Waals surface area contributed by atoms with Crippen LogP contribution < -0.4 is 0 Å². The number of hydrogen-bond acceptors (Lipinski definition) is 2. The molecule has 0 atom stereocenters. The summed E-state index contributed by atoms with van der Waals surface area (Å²) in [5, 5.41) is 11.5. The number of benzene rings is 1. The van der Waals surface area contributed by atoms with Crippen molar-refractivity contribution in [3.8, 4) is 6.07 Å². The maximum atomic E-state index is 13.6. The van der Waals surface area contributed by atoms with Crippen LogP contribution in [0, 0.1) is 11.3 Å². The van der Waals surface area contributed by atoms with Gasteiger partial charge in [0.25, 0.3) is 5.92 Å². The second kappa shape index (κ2) is 6.35. The van der Waals surface area contributed by atoms with E-state index in [0.717, 1.165) is 41.6 Å². The van der Waals surface area contributed by atoms with Crippen LogP contribution in [0.4, 0.5) is 8.78 Å². The molecular formula is C22H20ClF2N3. The highest BCUT2D eigenvalue weighted by Crippen LogP contribution is 2.46. The number of aromatic nitrogens is 1. The lowest BCUT2D eigenvalue weighted by Crippen LogP contribution is -2.50. The molecule has 3 aliphatic rings. The number of fused-ring (bicyclic) bond motifs is 1. The summed E-state index contributed by atoms with van der Waals surface area (Å²) in [6.07, 6.45) is 8.91. The van der Waals surface area contributed by atoms with Gasteiger partial charge in [-0.25, -0.2) is 8.78 Å². The highest BCUT2D eigenvalue weighted by molar-refractivity contribution is 6.31. The minimum atomic E-state index is -2.58. The summed E-state index contributed by atoms with van der Waals surface area (Å²) in [6, 6.07) is 8.12. The van der Waals surface area contributed by atoms with Gasteiger partial charge in [0.1, 0.15) is 6.07 Å². The SMILES string of the molecule is N#Cc1c(C2=CC=CCN2C2CC(F)(F)C2)n(C2CCC2)c2cc(Cl)ccc12. The van der Waals surface area contributed by atoms with E-state index in [-0.39, 0.29) is 18.9 Å². The molecule has 2 saturated carbocycles. The first-order valence-electron chi connectivity index (χ1n) is 9.74. The normalized spacial score (nSPS) is 21.9. The molecule has 0 unspecified atom stereocenters. The second-order valence-electron chi connectivity index (χ2n) is 8.00. The zero-order valence-electron chi connectivity index (χ0n) is 15.3. The van der Waals surface area contributed by atoms with Gasteiger partial charge in [-0.15, -0.1) is 0 Å². The summed E-state index contributed by atoms with van der Waals surface area (Å²) in [4.78, 5) is 2.04. The van der Waals surface area contributed by atoms with E-state index in [1.54, 1.807) is 6.07 Å². The predicted octanol–water partition coefficient (Wildman–Crippen LogP) is 5.90. The van der Waals surface area contributed by atoms with Crippen LogP contribution >= 0.6 is 11.6 Å². The van der Waals surface area contributed by atoms with Crippen LogP contribution in [0.3, 0.4) is 0 Å². The molecule has 2 aliphatic carbocycles. The molecule has 0 amide bonds. The molecule has 0 radical (unpaired) electrons. The van der Waals surface area contributed by atoms with E-state index in [0.29, 0.717) is 23.2 Å². The minimum Gasteiger partial charge on any atom is -0.363 e. The van der Waals surface area contributed by atoms with Crippen molar-refractivity contribution in [2.24, 2.45) is 0 Å². The number of alkyl halides is 2. The van der Waals surface area contributed by atoms with Crippen molar-refractivity contribution in [2.75, 3.05) is 6.54 Å². The van der Waals surface area contributed by atoms with E-state index < -0.39 is 5.92 Å². The summed E-state index contributed by atoms with van der Waals surface area (Å²) in [6.45, 7) is 0.588. The zero-order valence-corrected chi connectivity index (χ0v) is 16.1. The lowest BCUT2D eigenvalue weighted by Gasteiger charge is -2.45. The number of rotatable bonds is 3. The summed E-state index contributed by atoms with van der Waals surface area (Å²) >= 11 is 6.27. The molecule has 1 aliphatic heterocycles. The van der Waals surface area contributed by atoms with Crippen molar-refractivity contribution < 1.29 is 8.78 Å². The lowest BCUT2D eigenvalue weighted by molar-refractivity contribution is -0.112. The first-order valence-corrected chi connectivity index (χ1v) is 10.1. The summed E-state index contributed by atoms with van der Waals surface area (Å²) in [5.41, 5.74) is 3.29. The molecule has 3 nitrogen and oxygen atoms in total. The molecule has 0 spiro atoms. The molecule has 1 aromatic carbocycles. The quantitative estimate of drug-likeness (QED) is 0.643. The van der Waals surface area contributed by atoms with Crippen LogP contribution in [0.25, 0.3) is 16.6 Å². The Labute approximate surface area is 167 Å². The third-order valence-electron chi connectivity index (χ3n) is 6.27. The van der Waals surface area contributed by atoms with Gasteiger partial charge in [-0.3, -0.25) is 0 Å². The van der Waals surface area contributed by atoms with Crippen molar-refractivity contribution in [3.05, 3.63) is 52.7 Å². The molecule has 2 aromatic rings. The Kier molecular flexibility index (Phi) is 4.03. The molecule has 6 heteroatoms. The maximum Gasteiger partial charge on any atom is 0.252 e. The van der Waals surface area contributed by atoms with Crippen LogP contribution in [0.5, 0.6) is 0 Å². The van der Waals surface area contributed by atoms with Crippen molar-refractivity contribution in [3.63, 3.8) is 0 Å². The fourth-order valence-electron chi connectivity index (χ4n) is 4.61. The van der Waals surface area contributed by atoms with E-state index in [1.165, 1.54) is 0 Å². The third kappa shape index (κ3) is 2.66. The van der Waals surface area contributed by atoms with Gasteiger partial charge in [0.2, 0.25) is 0 Å². The van der Waals surface area contributed by atoms with E-state index in [2.05, 4.69) is 10.6 Å². The highest BCUT2D eigenvalue weighted by Gasteiger charge is 2.49. The molecule has 2 fully saturated rings. The summed E-state index contributed by atoms with van der Waals surface area (Å²) < 4.78 is 29.4. The van der Waals surface area contributed by atoms with Crippen LogP contribution in [0.2, 0.25) is 5.02 Å². The van der Waals surface area contributed by atoms with Gasteiger partial charge in [0, 0.05) is 41.9 Å². The Bertz CT molecular complexity index is 1050. The first-order chi connectivity index (χ1) is 13.5. The van der Waals surface area contributed by atoms with E-state index in [1.807, 2.05) is 35.3 Å². The largest absolute Gasteiger partial charge is 0.363 e. The molecule has 0 bridgehead atoms. The van der Waals surface area contributed by atoms with Gasteiger partial charge in [0.15, 0.2) is 0 Å². The number of hydrogen-bond donors (Lipinski definition) is 0. The van der Waals surface area contributed by atoms with Crippen molar-refractivity contribution in [1.29, 1.82) is 5.26 Å². The van der Waals surface area contributed by atoms with Crippen molar-refractivity contribution in [2.45, 2.75) is 50.1 Å². The number of halogens is 3. The second-order valence-corrected chi connectivity index (χ2v) is 8.44. The molecule has 0 N–H and O–H groups in total. The Morgan fingerprint density at radius 3 is 2.61 bits per heavy atom.